The summed E-state index contributed by atoms with van der Waals surface area (Å²) in [4.78, 5) is 18.8. The zero-order valence-corrected chi connectivity index (χ0v) is 17.4. The third kappa shape index (κ3) is 3.11. The van der Waals surface area contributed by atoms with E-state index in [0.29, 0.717) is 11.8 Å². The fourth-order valence-corrected chi connectivity index (χ4v) is 4.58. The Kier molecular flexibility index (Phi) is 4.28. The quantitative estimate of drug-likeness (QED) is 0.624. The highest BCUT2D eigenvalue weighted by atomic mass is 16.5. The van der Waals surface area contributed by atoms with E-state index in [-0.39, 0.29) is 17.6 Å². The summed E-state index contributed by atoms with van der Waals surface area (Å²) in [6.45, 7) is 1.69. The smallest absolute Gasteiger partial charge is 0.298 e. The molecule has 0 aliphatic heterocycles. The summed E-state index contributed by atoms with van der Waals surface area (Å²) in [5, 5.41) is 8.64. The van der Waals surface area contributed by atoms with Gasteiger partial charge in [0.15, 0.2) is 0 Å². The first kappa shape index (κ1) is 18.7. The molecule has 0 spiro atoms. The largest absolute Gasteiger partial charge is 0.469 e. The van der Waals surface area contributed by atoms with Gasteiger partial charge in [0.25, 0.3) is 5.91 Å². The Bertz CT molecular complexity index is 1190. The minimum atomic E-state index is -0.275. The number of fused-ring (bicyclic) bond motifs is 2. The number of carbonyl (C=O) groups is 1. The average Bonchev–Trinajstić information content (AvgIpc) is 3.03. The average molecular weight is 404 g/mol. The minimum absolute atomic E-state index is 0.125. The maximum Gasteiger partial charge on any atom is 0.298 e. The van der Waals surface area contributed by atoms with E-state index in [1.807, 2.05) is 32.6 Å². The van der Waals surface area contributed by atoms with Crippen LogP contribution in [0.15, 0.2) is 30.9 Å². The maximum atomic E-state index is 12.2. The molecule has 2 fully saturated rings. The van der Waals surface area contributed by atoms with Crippen LogP contribution in [0.2, 0.25) is 0 Å². The lowest BCUT2D eigenvalue weighted by Crippen LogP contribution is -2.43. The summed E-state index contributed by atoms with van der Waals surface area (Å²) in [6.07, 6.45) is 11.2. The van der Waals surface area contributed by atoms with E-state index in [1.54, 1.807) is 33.4 Å². The third-order valence-corrected chi connectivity index (χ3v) is 6.36. The van der Waals surface area contributed by atoms with Gasteiger partial charge in [-0.3, -0.25) is 9.48 Å². The molecule has 154 valence electrons. The molecule has 5 rings (SSSR count). The lowest BCUT2D eigenvalue weighted by molar-refractivity contribution is -0.127. The van der Waals surface area contributed by atoms with Gasteiger partial charge in [-0.15, -0.1) is 0 Å². The molecule has 2 aliphatic rings. The molecule has 0 aromatic carbocycles. The first-order valence-corrected chi connectivity index (χ1v) is 10.2. The number of nitrogens with zero attached hydrogens (tertiary/aromatic N) is 6. The molecule has 0 unspecified atom stereocenters. The third-order valence-electron chi connectivity index (χ3n) is 6.36. The number of ether oxygens (including phenoxy) is 1. The molecule has 0 N–H and O–H groups in total. The molecule has 30 heavy (non-hydrogen) atoms. The van der Waals surface area contributed by atoms with Crippen LogP contribution in [0.1, 0.15) is 32.6 Å². The van der Waals surface area contributed by atoms with Crippen LogP contribution in [0.5, 0.6) is 5.88 Å². The maximum absolute atomic E-state index is 12.2. The second-order valence-electron chi connectivity index (χ2n) is 8.29. The monoisotopic (exact) mass is 404 g/mol. The van der Waals surface area contributed by atoms with Crippen LogP contribution in [-0.4, -0.2) is 53.9 Å². The highest BCUT2D eigenvalue weighted by molar-refractivity contribution is 5.93. The van der Waals surface area contributed by atoms with Crippen LogP contribution in [0.25, 0.3) is 16.8 Å². The number of amides is 1. The molecule has 3 aromatic rings. The molecule has 2 aliphatic carbocycles. The summed E-state index contributed by atoms with van der Waals surface area (Å²) in [5.41, 5.74) is 2.24. The molecule has 8 nitrogen and oxygen atoms in total. The van der Waals surface area contributed by atoms with Gasteiger partial charge in [-0.05, 0) is 38.2 Å². The van der Waals surface area contributed by atoms with Gasteiger partial charge >= 0.3 is 0 Å². The zero-order chi connectivity index (χ0) is 20.9. The molecule has 0 saturated heterocycles. The standard InChI is InChI=1S/C22H24N6O2/c1-4-5-20(29)27(3)17-7-6-16-10-22(16,11-17)30-21-19-8-9-23-28(19)14-18(25-21)15-12-24-26(2)13-15/h8-9,12-14,16-17H,6-7,10-11H2,1-3H3/t16-,17+,22+/m0/s1. The molecule has 8 heteroatoms. The zero-order valence-electron chi connectivity index (χ0n) is 17.4. The van der Waals surface area contributed by atoms with Crippen LogP contribution in [0.4, 0.5) is 0 Å². The molecule has 0 radical (unpaired) electrons. The van der Waals surface area contributed by atoms with Crippen molar-refractivity contribution in [2.24, 2.45) is 13.0 Å². The van der Waals surface area contributed by atoms with Gasteiger partial charge in [0.1, 0.15) is 11.1 Å². The van der Waals surface area contributed by atoms with Gasteiger partial charge in [0, 0.05) is 44.2 Å². The van der Waals surface area contributed by atoms with Gasteiger partial charge < -0.3 is 9.64 Å². The minimum Gasteiger partial charge on any atom is -0.469 e. The summed E-state index contributed by atoms with van der Waals surface area (Å²) in [5.74, 6) is 6.30. The van der Waals surface area contributed by atoms with Crippen molar-refractivity contribution in [2.45, 2.75) is 44.2 Å². The van der Waals surface area contributed by atoms with E-state index in [9.17, 15) is 4.79 Å². The van der Waals surface area contributed by atoms with Gasteiger partial charge in [0.05, 0.1) is 24.3 Å². The number of hydrogen-bond acceptors (Lipinski definition) is 5. The lowest BCUT2D eigenvalue weighted by atomic mass is 9.91. The van der Waals surface area contributed by atoms with Crippen molar-refractivity contribution in [3.63, 3.8) is 0 Å². The van der Waals surface area contributed by atoms with Crippen molar-refractivity contribution in [3.05, 3.63) is 30.9 Å². The van der Waals surface area contributed by atoms with Crippen LogP contribution in [0.3, 0.4) is 0 Å². The molecular formula is C22H24N6O2. The fourth-order valence-electron chi connectivity index (χ4n) is 4.58. The Hall–Kier alpha value is -3.34. The van der Waals surface area contributed by atoms with Crippen LogP contribution in [0, 0.1) is 17.8 Å². The van der Waals surface area contributed by atoms with E-state index < -0.39 is 0 Å². The normalized spacial score (nSPS) is 24.6. The predicted molar refractivity (Wildman–Crippen MR) is 111 cm³/mol. The number of hydrogen-bond donors (Lipinski definition) is 0. The van der Waals surface area contributed by atoms with Gasteiger partial charge in [-0.1, -0.05) is 5.92 Å². The van der Waals surface area contributed by atoms with E-state index in [1.165, 1.54) is 0 Å². The number of aryl methyl sites for hydroxylation is 1. The molecule has 0 bridgehead atoms. The molecule has 2 saturated carbocycles. The lowest BCUT2D eigenvalue weighted by Gasteiger charge is -2.34. The van der Waals surface area contributed by atoms with Crippen LogP contribution < -0.4 is 4.74 Å². The molecule has 3 atom stereocenters. The molecular weight excluding hydrogens is 380 g/mol. The van der Waals surface area contributed by atoms with Crippen molar-refractivity contribution in [1.82, 2.24) is 29.3 Å². The second kappa shape index (κ2) is 6.87. The highest BCUT2D eigenvalue weighted by Gasteiger charge is 2.60. The Balaban J connectivity index is 1.44. The van der Waals surface area contributed by atoms with Crippen molar-refractivity contribution in [2.75, 3.05) is 7.05 Å². The highest BCUT2D eigenvalue weighted by Crippen LogP contribution is 2.57. The van der Waals surface area contributed by atoms with E-state index in [4.69, 9.17) is 9.72 Å². The molecule has 1 amide bonds. The molecule has 3 heterocycles. The van der Waals surface area contributed by atoms with Crippen molar-refractivity contribution in [1.29, 1.82) is 0 Å². The van der Waals surface area contributed by atoms with Crippen molar-refractivity contribution < 1.29 is 9.53 Å². The van der Waals surface area contributed by atoms with Crippen molar-refractivity contribution >= 4 is 11.4 Å². The number of aromatic nitrogens is 5. The fraction of sp³-hybridized carbons (Fsp3) is 0.455. The topological polar surface area (TPSA) is 77.6 Å². The van der Waals surface area contributed by atoms with Gasteiger partial charge in [-0.25, -0.2) is 9.50 Å². The van der Waals surface area contributed by atoms with Crippen molar-refractivity contribution in [3.8, 4) is 29.0 Å². The second-order valence-corrected chi connectivity index (χ2v) is 8.29. The summed E-state index contributed by atoms with van der Waals surface area (Å²) in [6, 6.07) is 2.04. The Morgan fingerprint density at radius 3 is 2.93 bits per heavy atom. The summed E-state index contributed by atoms with van der Waals surface area (Å²) in [7, 11) is 3.72. The van der Waals surface area contributed by atoms with Crippen LogP contribution in [-0.2, 0) is 11.8 Å². The van der Waals surface area contributed by atoms with Crippen LogP contribution >= 0.6 is 0 Å². The summed E-state index contributed by atoms with van der Waals surface area (Å²) < 4.78 is 10.1. The Morgan fingerprint density at radius 2 is 2.17 bits per heavy atom. The SMILES string of the molecule is CC#CC(=O)N(C)[C@@H]1CC[C@H]2C[C@@]2(Oc2nc(-c3cnn(C)c3)cn3nccc23)C1. The number of carbonyl (C=O) groups excluding carboxylic acids is 1. The molecule has 3 aromatic heterocycles. The van der Waals surface area contributed by atoms with E-state index in [2.05, 4.69) is 22.0 Å². The number of rotatable bonds is 4. The van der Waals surface area contributed by atoms with Gasteiger partial charge in [0.2, 0.25) is 5.88 Å². The Morgan fingerprint density at radius 1 is 1.30 bits per heavy atom. The van der Waals surface area contributed by atoms with E-state index >= 15 is 0 Å². The Labute approximate surface area is 174 Å². The summed E-state index contributed by atoms with van der Waals surface area (Å²) >= 11 is 0. The van der Waals surface area contributed by atoms with E-state index in [0.717, 1.165) is 42.5 Å². The first-order valence-electron chi connectivity index (χ1n) is 10.2. The predicted octanol–water partition coefficient (Wildman–Crippen LogP) is 2.30. The first-order chi connectivity index (χ1) is 14.5. The van der Waals surface area contributed by atoms with Gasteiger partial charge in [-0.2, -0.15) is 10.2 Å².